The zero-order valence-electron chi connectivity index (χ0n) is 23.1. The lowest BCUT2D eigenvalue weighted by Gasteiger charge is -2.15. The van der Waals surface area contributed by atoms with E-state index in [0.29, 0.717) is 57.3 Å². The Morgan fingerprint density at radius 3 is 1.86 bits per heavy atom. The Bertz CT molecular complexity index is 1200. The molecule has 0 fully saturated rings. The molecule has 37 heavy (non-hydrogen) atoms. The first kappa shape index (κ1) is 28.4. The van der Waals surface area contributed by atoms with Crippen molar-refractivity contribution in [3.05, 3.63) is 46.1 Å². The van der Waals surface area contributed by atoms with Gasteiger partial charge in [-0.2, -0.15) is 0 Å². The maximum absolute atomic E-state index is 13.9. The summed E-state index contributed by atoms with van der Waals surface area (Å²) in [5.74, 6) is 2.77. The second-order valence-electron chi connectivity index (χ2n) is 9.44. The lowest BCUT2D eigenvalue weighted by Crippen LogP contribution is -2.13. The number of benzene rings is 2. The molecule has 0 saturated heterocycles. The van der Waals surface area contributed by atoms with Gasteiger partial charge in [0.15, 0.2) is 5.43 Å². The Hall–Kier alpha value is -3.15. The van der Waals surface area contributed by atoms with Crippen molar-refractivity contribution < 1.29 is 23.4 Å². The van der Waals surface area contributed by atoms with E-state index in [2.05, 4.69) is 6.92 Å². The number of hydrogen-bond donors (Lipinski definition) is 0. The highest BCUT2D eigenvalue weighted by Gasteiger charge is 2.22. The molecule has 6 nitrogen and oxygen atoms in total. The first-order valence-corrected chi connectivity index (χ1v) is 13.5. The smallest absolute Gasteiger partial charge is 0.200 e. The Balaban J connectivity index is 1.90. The largest absolute Gasteiger partial charge is 0.497 e. The van der Waals surface area contributed by atoms with E-state index in [4.69, 9.17) is 23.4 Å². The van der Waals surface area contributed by atoms with Crippen LogP contribution >= 0.6 is 0 Å². The van der Waals surface area contributed by atoms with Crippen molar-refractivity contribution in [1.82, 2.24) is 0 Å². The molecule has 0 aliphatic heterocycles. The van der Waals surface area contributed by atoms with Gasteiger partial charge < -0.3 is 23.4 Å². The van der Waals surface area contributed by atoms with Gasteiger partial charge in [0.2, 0.25) is 0 Å². The highest BCUT2D eigenvalue weighted by molar-refractivity contribution is 5.88. The molecule has 3 aromatic rings. The van der Waals surface area contributed by atoms with E-state index in [1.807, 2.05) is 12.1 Å². The number of fused-ring (bicyclic) bond motifs is 1. The fourth-order valence-corrected chi connectivity index (χ4v) is 4.79. The van der Waals surface area contributed by atoms with Gasteiger partial charge in [0.25, 0.3) is 0 Å². The SMILES string of the molecule is CCCCCCCCCCCCc1c(-c2ccc(OC)cc2OC)oc2cc(OC)cc(OC)c2c1=O. The zero-order chi connectivity index (χ0) is 26.6. The van der Waals surface area contributed by atoms with E-state index in [9.17, 15) is 4.79 Å². The highest BCUT2D eigenvalue weighted by atomic mass is 16.5. The van der Waals surface area contributed by atoms with Crippen molar-refractivity contribution in [2.24, 2.45) is 0 Å². The molecule has 0 aliphatic carbocycles. The molecule has 0 unspecified atom stereocenters. The van der Waals surface area contributed by atoms with Gasteiger partial charge in [-0.3, -0.25) is 4.79 Å². The van der Waals surface area contributed by atoms with Crippen LogP contribution in [0.2, 0.25) is 0 Å². The average Bonchev–Trinajstić information content (AvgIpc) is 2.93. The number of unbranched alkanes of at least 4 members (excludes halogenated alkanes) is 9. The molecule has 3 rings (SSSR count). The third-order valence-corrected chi connectivity index (χ3v) is 6.92. The Morgan fingerprint density at radius 1 is 0.676 bits per heavy atom. The molecule has 202 valence electrons. The van der Waals surface area contributed by atoms with Crippen LogP contribution in [0.25, 0.3) is 22.3 Å². The number of methoxy groups -OCH3 is 4. The van der Waals surface area contributed by atoms with Crippen molar-refractivity contribution >= 4 is 11.0 Å². The summed E-state index contributed by atoms with van der Waals surface area (Å²) < 4.78 is 28.4. The van der Waals surface area contributed by atoms with E-state index >= 15 is 0 Å². The highest BCUT2D eigenvalue weighted by Crippen LogP contribution is 2.38. The Morgan fingerprint density at radius 2 is 1.27 bits per heavy atom. The van der Waals surface area contributed by atoms with Crippen molar-refractivity contribution in [3.63, 3.8) is 0 Å². The number of ether oxygens (including phenoxy) is 4. The second-order valence-corrected chi connectivity index (χ2v) is 9.44. The van der Waals surface area contributed by atoms with E-state index in [0.717, 1.165) is 12.8 Å². The van der Waals surface area contributed by atoms with Crippen molar-refractivity contribution in [2.45, 2.75) is 77.6 Å². The minimum absolute atomic E-state index is 0.0791. The Labute approximate surface area is 220 Å². The molecule has 0 aliphatic rings. The standard InChI is InChI=1S/C31H42O6/c1-6-7-8-9-10-11-12-13-14-15-16-25-30(32)29-27(36-5)20-23(34-3)21-28(29)37-31(25)24-18-17-22(33-2)19-26(24)35-4/h17-21H,6-16H2,1-5H3. The summed E-state index contributed by atoms with van der Waals surface area (Å²) >= 11 is 0. The van der Waals surface area contributed by atoms with Gasteiger partial charge in [-0.25, -0.2) is 0 Å². The lowest BCUT2D eigenvalue weighted by atomic mass is 9.98. The number of hydrogen-bond acceptors (Lipinski definition) is 6. The van der Waals surface area contributed by atoms with Gasteiger partial charge in [0, 0.05) is 23.8 Å². The second kappa shape index (κ2) is 14.6. The van der Waals surface area contributed by atoms with Crippen molar-refractivity contribution in [2.75, 3.05) is 28.4 Å². The summed E-state index contributed by atoms with van der Waals surface area (Å²) in [5, 5.41) is 0.432. The van der Waals surface area contributed by atoms with E-state index in [-0.39, 0.29) is 5.43 Å². The molecule has 1 aromatic heterocycles. The maximum Gasteiger partial charge on any atom is 0.200 e. The van der Waals surface area contributed by atoms with Crippen LogP contribution in [-0.4, -0.2) is 28.4 Å². The first-order chi connectivity index (χ1) is 18.1. The van der Waals surface area contributed by atoms with E-state index in [1.165, 1.54) is 51.4 Å². The third kappa shape index (κ3) is 7.21. The van der Waals surface area contributed by atoms with Gasteiger partial charge >= 0.3 is 0 Å². The molecule has 0 spiro atoms. The van der Waals surface area contributed by atoms with Gasteiger partial charge in [-0.05, 0) is 25.0 Å². The van der Waals surface area contributed by atoms with Crippen LogP contribution in [0.4, 0.5) is 0 Å². The molecule has 0 bridgehead atoms. The summed E-state index contributed by atoms with van der Waals surface area (Å²) in [6, 6.07) is 8.97. The monoisotopic (exact) mass is 510 g/mol. The van der Waals surface area contributed by atoms with Crippen LogP contribution in [0, 0.1) is 0 Å². The predicted molar refractivity (Wildman–Crippen MR) is 150 cm³/mol. The molecule has 6 heteroatoms. The summed E-state index contributed by atoms with van der Waals surface area (Å²) in [6.07, 6.45) is 12.9. The minimum Gasteiger partial charge on any atom is -0.497 e. The normalized spacial score (nSPS) is 11.1. The molecule has 2 aromatic carbocycles. The molecule has 0 radical (unpaired) electrons. The van der Waals surface area contributed by atoms with Gasteiger partial charge in [0.05, 0.1) is 34.0 Å². The summed E-state index contributed by atoms with van der Waals surface area (Å²) in [5.41, 5.74) is 1.69. The molecular weight excluding hydrogens is 468 g/mol. The quantitative estimate of drug-likeness (QED) is 0.182. The van der Waals surface area contributed by atoms with E-state index in [1.54, 1.807) is 46.6 Å². The van der Waals surface area contributed by atoms with Crippen LogP contribution in [0.5, 0.6) is 23.0 Å². The van der Waals surface area contributed by atoms with Crippen molar-refractivity contribution in [3.8, 4) is 34.3 Å². The van der Waals surface area contributed by atoms with Gasteiger partial charge in [0.1, 0.15) is 39.7 Å². The molecule has 0 saturated carbocycles. The van der Waals surface area contributed by atoms with Gasteiger partial charge in [-0.15, -0.1) is 0 Å². The summed E-state index contributed by atoms with van der Waals surface area (Å²) in [7, 11) is 6.34. The molecule has 0 atom stereocenters. The topological polar surface area (TPSA) is 67.1 Å². The molecular formula is C31H42O6. The molecule has 0 N–H and O–H groups in total. The zero-order valence-corrected chi connectivity index (χ0v) is 23.1. The minimum atomic E-state index is -0.0791. The average molecular weight is 511 g/mol. The lowest BCUT2D eigenvalue weighted by molar-refractivity contribution is 0.394. The molecule has 0 amide bonds. The number of rotatable bonds is 16. The summed E-state index contributed by atoms with van der Waals surface area (Å²) in [6.45, 7) is 2.25. The predicted octanol–water partition coefficient (Wildman–Crippen LogP) is 7.96. The fourth-order valence-electron chi connectivity index (χ4n) is 4.79. The Kier molecular flexibility index (Phi) is 11.2. The van der Waals surface area contributed by atoms with Crippen LogP contribution in [0.3, 0.4) is 0 Å². The molecule has 1 heterocycles. The fraction of sp³-hybridized carbons (Fsp3) is 0.516. The summed E-state index contributed by atoms with van der Waals surface area (Å²) in [4.78, 5) is 13.9. The van der Waals surface area contributed by atoms with Crippen LogP contribution in [-0.2, 0) is 6.42 Å². The van der Waals surface area contributed by atoms with E-state index < -0.39 is 0 Å². The van der Waals surface area contributed by atoms with Gasteiger partial charge in [-0.1, -0.05) is 64.7 Å². The van der Waals surface area contributed by atoms with Crippen LogP contribution in [0.15, 0.2) is 39.5 Å². The van der Waals surface area contributed by atoms with Crippen LogP contribution in [0.1, 0.15) is 76.7 Å². The third-order valence-electron chi connectivity index (χ3n) is 6.92. The first-order valence-electron chi connectivity index (χ1n) is 13.5. The maximum atomic E-state index is 13.9. The van der Waals surface area contributed by atoms with Crippen LogP contribution < -0.4 is 24.4 Å². The van der Waals surface area contributed by atoms with Crippen molar-refractivity contribution in [1.29, 1.82) is 0 Å².